The fourth-order valence-corrected chi connectivity index (χ4v) is 2.23. The van der Waals surface area contributed by atoms with Gasteiger partial charge in [-0.2, -0.15) is 0 Å². The van der Waals surface area contributed by atoms with Crippen LogP contribution in [0.1, 0.15) is 28.2 Å². The van der Waals surface area contributed by atoms with Crippen LogP contribution >= 0.6 is 0 Å². The van der Waals surface area contributed by atoms with Crippen molar-refractivity contribution in [2.45, 2.75) is 19.9 Å². The van der Waals surface area contributed by atoms with E-state index in [9.17, 15) is 4.79 Å². The highest BCUT2D eigenvalue weighted by atomic mass is 16.1. The summed E-state index contributed by atoms with van der Waals surface area (Å²) in [4.78, 5) is 23.0. The highest BCUT2D eigenvalue weighted by Gasteiger charge is 2.10. The summed E-state index contributed by atoms with van der Waals surface area (Å²) < 4.78 is 0. The van der Waals surface area contributed by atoms with Crippen molar-refractivity contribution in [3.8, 4) is 0 Å². The fourth-order valence-electron chi connectivity index (χ4n) is 2.23. The summed E-state index contributed by atoms with van der Waals surface area (Å²) in [5.74, 6) is 0.305. The second-order valence-electron chi connectivity index (χ2n) is 5.97. The summed E-state index contributed by atoms with van der Waals surface area (Å²) in [5.41, 5.74) is 2.29. The fraction of sp³-hybridized carbons (Fsp3) is 0.389. The third kappa shape index (κ3) is 5.96. The van der Waals surface area contributed by atoms with E-state index in [2.05, 4.69) is 25.5 Å². The van der Waals surface area contributed by atoms with Gasteiger partial charge in [0.25, 0.3) is 5.91 Å². The van der Waals surface area contributed by atoms with Gasteiger partial charge in [0.15, 0.2) is 0 Å². The van der Waals surface area contributed by atoms with Gasteiger partial charge in [0.2, 0.25) is 5.95 Å². The van der Waals surface area contributed by atoms with Crippen LogP contribution in [0.3, 0.4) is 0 Å². The number of nitrogens with one attached hydrogen (secondary N) is 2. The lowest BCUT2D eigenvalue weighted by molar-refractivity contribution is 0.0947. The molecule has 0 atom stereocenters. The molecule has 1 aromatic carbocycles. The number of carbonyl (C=O) groups excluding carboxylic acids is 1. The normalized spacial score (nSPS) is 10.7. The second-order valence-corrected chi connectivity index (χ2v) is 5.97. The van der Waals surface area contributed by atoms with E-state index in [1.54, 1.807) is 6.07 Å². The van der Waals surface area contributed by atoms with Crippen molar-refractivity contribution < 1.29 is 4.79 Å². The van der Waals surface area contributed by atoms with Crippen molar-refractivity contribution in [1.29, 1.82) is 0 Å². The van der Waals surface area contributed by atoms with Crippen LogP contribution < -0.4 is 10.6 Å². The van der Waals surface area contributed by atoms with E-state index in [0.29, 0.717) is 24.7 Å². The average Bonchev–Trinajstić information content (AvgIpc) is 2.57. The van der Waals surface area contributed by atoms with Crippen LogP contribution in [0.4, 0.5) is 5.95 Å². The van der Waals surface area contributed by atoms with Crippen LogP contribution in [0.15, 0.2) is 36.4 Å². The minimum atomic E-state index is -0.165. The van der Waals surface area contributed by atoms with Gasteiger partial charge in [0.05, 0.1) is 0 Å². The molecule has 0 bridgehead atoms. The monoisotopic (exact) mass is 327 g/mol. The lowest BCUT2D eigenvalue weighted by Crippen LogP contribution is -2.28. The first-order chi connectivity index (χ1) is 11.5. The van der Waals surface area contributed by atoms with Crippen molar-refractivity contribution in [3.63, 3.8) is 0 Å². The first kappa shape index (κ1) is 17.9. The SMILES string of the molecule is Cc1cc(C(=O)NCCCN(C)C)nc(NCc2ccccc2)n1. The average molecular weight is 327 g/mol. The van der Waals surface area contributed by atoms with Crippen molar-refractivity contribution >= 4 is 11.9 Å². The second kappa shape index (κ2) is 8.98. The zero-order valence-corrected chi connectivity index (χ0v) is 14.5. The van der Waals surface area contributed by atoms with E-state index < -0.39 is 0 Å². The van der Waals surface area contributed by atoms with Crippen molar-refractivity contribution in [2.75, 3.05) is 32.5 Å². The van der Waals surface area contributed by atoms with Gasteiger partial charge in [-0.15, -0.1) is 0 Å². The predicted molar refractivity (Wildman–Crippen MR) is 96.0 cm³/mol. The third-order valence-electron chi connectivity index (χ3n) is 3.45. The molecule has 1 heterocycles. The Morgan fingerprint density at radius 1 is 1.17 bits per heavy atom. The molecule has 6 heteroatoms. The van der Waals surface area contributed by atoms with Crippen LogP contribution in [0.25, 0.3) is 0 Å². The Kier molecular flexibility index (Phi) is 6.69. The molecule has 0 aliphatic rings. The zero-order valence-electron chi connectivity index (χ0n) is 14.5. The highest BCUT2D eigenvalue weighted by molar-refractivity contribution is 5.92. The largest absolute Gasteiger partial charge is 0.351 e. The number of rotatable bonds is 8. The molecule has 0 aliphatic carbocycles. The van der Waals surface area contributed by atoms with Crippen molar-refractivity contribution in [3.05, 3.63) is 53.3 Å². The summed E-state index contributed by atoms with van der Waals surface area (Å²) in [5, 5.41) is 6.07. The maximum atomic E-state index is 12.2. The Balaban J connectivity index is 1.93. The molecule has 2 N–H and O–H groups in total. The summed E-state index contributed by atoms with van der Waals surface area (Å²) in [7, 11) is 4.03. The summed E-state index contributed by atoms with van der Waals surface area (Å²) in [6, 6.07) is 11.7. The van der Waals surface area contributed by atoms with Gasteiger partial charge >= 0.3 is 0 Å². The lowest BCUT2D eigenvalue weighted by atomic mass is 10.2. The molecule has 0 spiro atoms. The number of benzene rings is 1. The Labute approximate surface area is 143 Å². The minimum absolute atomic E-state index is 0.165. The molecule has 24 heavy (non-hydrogen) atoms. The molecule has 0 saturated carbocycles. The van der Waals surface area contributed by atoms with E-state index >= 15 is 0 Å². The molecule has 2 rings (SSSR count). The van der Waals surface area contributed by atoms with Gasteiger partial charge in [0.1, 0.15) is 5.69 Å². The van der Waals surface area contributed by atoms with Gasteiger partial charge in [-0.1, -0.05) is 30.3 Å². The standard InChI is InChI=1S/C18H25N5O/c1-14-12-16(17(24)19-10-7-11-23(2)3)22-18(21-14)20-13-15-8-5-4-6-9-15/h4-6,8-9,12H,7,10-11,13H2,1-3H3,(H,19,24)(H,20,21,22). The molecule has 0 aliphatic heterocycles. The third-order valence-corrected chi connectivity index (χ3v) is 3.45. The molecule has 128 valence electrons. The molecule has 0 radical (unpaired) electrons. The van der Waals surface area contributed by atoms with E-state index in [1.165, 1.54) is 0 Å². The number of hydrogen-bond acceptors (Lipinski definition) is 5. The first-order valence-electron chi connectivity index (χ1n) is 8.11. The topological polar surface area (TPSA) is 70.2 Å². The molecular weight excluding hydrogens is 302 g/mol. The summed E-state index contributed by atoms with van der Waals surface area (Å²) in [6.45, 7) is 4.05. The lowest BCUT2D eigenvalue weighted by Gasteiger charge is -2.11. The maximum Gasteiger partial charge on any atom is 0.270 e. The van der Waals surface area contributed by atoms with Crippen LogP contribution in [0.5, 0.6) is 0 Å². The first-order valence-corrected chi connectivity index (χ1v) is 8.11. The van der Waals surface area contributed by atoms with E-state index in [0.717, 1.165) is 24.2 Å². The zero-order chi connectivity index (χ0) is 17.4. The summed E-state index contributed by atoms with van der Waals surface area (Å²) in [6.07, 6.45) is 0.905. The quantitative estimate of drug-likeness (QED) is 0.727. The number of hydrogen-bond donors (Lipinski definition) is 2. The van der Waals surface area contributed by atoms with Crippen LogP contribution in [-0.4, -0.2) is 48.0 Å². The van der Waals surface area contributed by atoms with E-state index in [-0.39, 0.29) is 5.91 Å². The smallest absolute Gasteiger partial charge is 0.270 e. The van der Waals surface area contributed by atoms with Crippen molar-refractivity contribution in [1.82, 2.24) is 20.2 Å². The highest BCUT2D eigenvalue weighted by Crippen LogP contribution is 2.07. The minimum Gasteiger partial charge on any atom is -0.351 e. The molecule has 1 amide bonds. The van der Waals surface area contributed by atoms with Gasteiger partial charge in [-0.05, 0) is 45.6 Å². The van der Waals surface area contributed by atoms with E-state index in [4.69, 9.17) is 0 Å². The summed E-state index contributed by atoms with van der Waals surface area (Å²) >= 11 is 0. The van der Waals surface area contributed by atoms with Gasteiger partial charge < -0.3 is 15.5 Å². The maximum absolute atomic E-state index is 12.2. The number of nitrogens with zero attached hydrogens (tertiary/aromatic N) is 3. The molecule has 1 aromatic heterocycles. The molecule has 0 unspecified atom stereocenters. The van der Waals surface area contributed by atoms with Gasteiger partial charge in [-0.25, -0.2) is 9.97 Å². The number of aromatic nitrogens is 2. The Morgan fingerprint density at radius 3 is 2.62 bits per heavy atom. The number of anilines is 1. The molecule has 2 aromatic rings. The van der Waals surface area contributed by atoms with Gasteiger partial charge in [0, 0.05) is 18.8 Å². The van der Waals surface area contributed by atoms with Crippen molar-refractivity contribution in [2.24, 2.45) is 0 Å². The molecule has 0 fully saturated rings. The Hall–Kier alpha value is -2.47. The molecular formula is C18H25N5O. The Bertz CT molecular complexity index is 658. The molecule has 0 saturated heterocycles. The van der Waals surface area contributed by atoms with E-state index in [1.807, 2.05) is 51.4 Å². The number of aryl methyl sites for hydroxylation is 1. The van der Waals surface area contributed by atoms with Crippen LogP contribution in [0.2, 0.25) is 0 Å². The van der Waals surface area contributed by atoms with Gasteiger partial charge in [-0.3, -0.25) is 4.79 Å². The number of carbonyl (C=O) groups is 1. The van der Waals surface area contributed by atoms with Crippen LogP contribution in [0, 0.1) is 6.92 Å². The predicted octanol–water partition coefficient (Wildman–Crippen LogP) is 2.08. The Morgan fingerprint density at radius 2 is 1.92 bits per heavy atom. The number of amides is 1. The van der Waals surface area contributed by atoms with Crippen LogP contribution in [-0.2, 0) is 6.54 Å². The molecule has 6 nitrogen and oxygen atoms in total.